The van der Waals surface area contributed by atoms with Crippen molar-refractivity contribution in [2.24, 2.45) is 5.92 Å². The number of Topliss-reactive ketones (excluding diaryl/α,β-unsaturated/α-hetero) is 2. The first-order valence-electron chi connectivity index (χ1n) is 10.5. The van der Waals surface area contributed by atoms with Crippen LogP contribution in [0.5, 0.6) is 0 Å². The van der Waals surface area contributed by atoms with E-state index in [0.717, 1.165) is 17.7 Å². The molecule has 0 spiro atoms. The fourth-order valence-electron chi connectivity index (χ4n) is 4.22. The van der Waals surface area contributed by atoms with Crippen molar-refractivity contribution in [1.29, 1.82) is 0 Å². The Morgan fingerprint density at radius 1 is 1.23 bits per heavy atom. The average molecular weight is 424 g/mol. The Morgan fingerprint density at radius 2 is 1.90 bits per heavy atom. The molecule has 3 rings (SSSR count). The third-order valence-corrected chi connectivity index (χ3v) is 5.82. The second-order valence-electron chi connectivity index (χ2n) is 8.01. The van der Waals surface area contributed by atoms with E-state index in [4.69, 9.17) is 4.74 Å². The number of ketones is 2. The van der Waals surface area contributed by atoms with Gasteiger partial charge in [0, 0.05) is 29.9 Å². The summed E-state index contributed by atoms with van der Waals surface area (Å²) in [6.07, 6.45) is -0.207. The predicted molar refractivity (Wildman–Crippen MR) is 116 cm³/mol. The van der Waals surface area contributed by atoms with Gasteiger partial charge in [-0.2, -0.15) is 0 Å². The van der Waals surface area contributed by atoms with E-state index in [0.29, 0.717) is 16.8 Å². The molecular weight excluding hydrogens is 396 g/mol. The fraction of sp³-hybridized carbons (Fsp3) is 0.417. The number of esters is 1. The number of carbonyl (C=O) groups excluding carboxylic acids is 4. The van der Waals surface area contributed by atoms with Gasteiger partial charge >= 0.3 is 5.97 Å². The molecule has 1 amide bonds. The Hall–Kier alpha value is -3.22. The Bertz CT molecular complexity index is 1050. The molecular formula is C24H28N2O5. The van der Waals surface area contributed by atoms with Gasteiger partial charge in [-0.25, -0.2) is 0 Å². The number of aromatic nitrogens is 1. The van der Waals surface area contributed by atoms with Crippen LogP contribution in [0.2, 0.25) is 0 Å². The molecule has 2 atom stereocenters. The van der Waals surface area contributed by atoms with Crippen LogP contribution in [-0.4, -0.2) is 41.1 Å². The van der Waals surface area contributed by atoms with E-state index in [9.17, 15) is 19.2 Å². The quantitative estimate of drug-likeness (QED) is 0.541. The topological polar surface area (TPSA) is 96.5 Å². The molecule has 164 valence electrons. The molecule has 0 aliphatic carbocycles. The third-order valence-electron chi connectivity index (χ3n) is 5.82. The number of aromatic amines is 1. The minimum Gasteiger partial charge on any atom is -0.454 e. The molecule has 1 aromatic carbocycles. The van der Waals surface area contributed by atoms with E-state index in [1.54, 1.807) is 18.7 Å². The van der Waals surface area contributed by atoms with Crippen LogP contribution in [0.4, 0.5) is 5.69 Å². The van der Waals surface area contributed by atoms with E-state index in [1.165, 1.54) is 13.8 Å². The van der Waals surface area contributed by atoms with Crippen LogP contribution in [0.3, 0.4) is 0 Å². The smallest absolute Gasteiger partial charge is 0.312 e. The number of H-pyrrole nitrogens is 1. The Morgan fingerprint density at radius 3 is 2.52 bits per heavy atom. The number of carbonyl (C=O) groups is 4. The molecule has 1 saturated heterocycles. The highest BCUT2D eigenvalue weighted by atomic mass is 16.5. The monoisotopic (exact) mass is 424 g/mol. The van der Waals surface area contributed by atoms with Crippen LogP contribution in [0.25, 0.3) is 0 Å². The zero-order valence-electron chi connectivity index (χ0n) is 18.6. The second-order valence-corrected chi connectivity index (χ2v) is 8.01. The van der Waals surface area contributed by atoms with Gasteiger partial charge in [0.2, 0.25) is 11.7 Å². The van der Waals surface area contributed by atoms with Gasteiger partial charge in [0.1, 0.15) is 0 Å². The molecule has 0 unspecified atom stereocenters. The molecule has 31 heavy (non-hydrogen) atoms. The van der Waals surface area contributed by atoms with Gasteiger partial charge in [0.05, 0.1) is 11.6 Å². The van der Waals surface area contributed by atoms with Crippen LogP contribution >= 0.6 is 0 Å². The number of hydrogen-bond acceptors (Lipinski definition) is 5. The molecule has 1 N–H and O–H groups in total. The molecule has 0 saturated carbocycles. The maximum atomic E-state index is 12.8. The summed E-state index contributed by atoms with van der Waals surface area (Å²) >= 11 is 0. The predicted octanol–water partition coefficient (Wildman–Crippen LogP) is 3.56. The molecule has 0 bridgehead atoms. The highest BCUT2D eigenvalue weighted by Gasteiger charge is 2.38. The standard InChI is InChI=1S/C24H28N2O5/c1-6-17-9-7-8-10-19(17)26-12-18(11-20(26)28)24(30)31-16(5)23(29)22-13(2)21(15(4)27)14(3)25-22/h7-10,16,18,25H,6,11-12H2,1-5H3/t16-,18+/m1/s1. The van der Waals surface area contributed by atoms with Gasteiger partial charge < -0.3 is 14.6 Å². The summed E-state index contributed by atoms with van der Waals surface area (Å²) in [5.41, 5.74) is 3.75. The maximum Gasteiger partial charge on any atom is 0.312 e. The number of ether oxygens (including phenoxy) is 1. The van der Waals surface area contributed by atoms with Gasteiger partial charge in [-0.3, -0.25) is 19.2 Å². The zero-order valence-corrected chi connectivity index (χ0v) is 18.6. The van der Waals surface area contributed by atoms with Gasteiger partial charge in [-0.15, -0.1) is 0 Å². The average Bonchev–Trinajstić information content (AvgIpc) is 3.26. The summed E-state index contributed by atoms with van der Waals surface area (Å²) < 4.78 is 5.43. The summed E-state index contributed by atoms with van der Waals surface area (Å²) in [5.74, 6) is -1.88. The highest BCUT2D eigenvalue weighted by molar-refractivity contribution is 6.05. The Kier molecular flexibility index (Phi) is 6.43. The molecule has 1 aliphatic rings. The lowest BCUT2D eigenvalue weighted by atomic mass is 10.0. The van der Waals surface area contributed by atoms with E-state index >= 15 is 0 Å². The second kappa shape index (κ2) is 8.88. The number of rotatable bonds is 7. The lowest BCUT2D eigenvalue weighted by Gasteiger charge is -2.20. The molecule has 2 aromatic rings. The van der Waals surface area contributed by atoms with Crippen LogP contribution < -0.4 is 4.90 Å². The molecule has 2 heterocycles. The molecule has 1 aromatic heterocycles. The summed E-state index contributed by atoms with van der Waals surface area (Å²) in [7, 11) is 0. The van der Waals surface area contributed by atoms with E-state index in [2.05, 4.69) is 4.98 Å². The van der Waals surface area contributed by atoms with Crippen LogP contribution in [0, 0.1) is 19.8 Å². The first-order chi connectivity index (χ1) is 14.6. The van der Waals surface area contributed by atoms with Crippen molar-refractivity contribution < 1.29 is 23.9 Å². The first-order valence-corrected chi connectivity index (χ1v) is 10.5. The van der Waals surface area contributed by atoms with Gasteiger partial charge in [-0.05, 0) is 51.3 Å². The SMILES string of the molecule is CCc1ccccc1N1C[C@@H](C(=O)O[C@H](C)C(=O)c2[nH]c(C)c(C(C)=O)c2C)CC1=O. The third kappa shape index (κ3) is 4.31. The maximum absolute atomic E-state index is 12.8. The van der Waals surface area contributed by atoms with E-state index in [-0.39, 0.29) is 30.3 Å². The van der Waals surface area contributed by atoms with E-state index < -0.39 is 23.8 Å². The molecule has 7 heteroatoms. The fourth-order valence-corrected chi connectivity index (χ4v) is 4.22. The Labute approximate surface area is 181 Å². The minimum absolute atomic E-state index is 0.0485. The number of para-hydroxylation sites is 1. The van der Waals surface area contributed by atoms with Crippen LogP contribution in [0.1, 0.15) is 64.9 Å². The molecule has 0 radical (unpaired) electrons. The van der Waals surface area contributed by atoms with Crippen LogP contribution in [0.15, 0.2) is 24.3 Å². The number of aryl methyl sites for hydroxylation is 2. The summed E-state index contributed by atoms with van der Waals surface area (Å²) in [5, 5.41) is 0. The van der Waals surface area contributed by atoms with Crippen molar-refractivity contribution in [2.75, 3.05) is 11.4 Å². The lowest BCUT2D eigenvalue weighted by molar-refractivity contribution is -0.151. The van der Waals surface area contributed by atoms with Gasteiger partial charge in [0.25, 0.3) is 0 Å². The molecule has 1 aliphatic heterocycles. The number of amides is 1. The number of anilines is 1. The van der Waals surface area contributed by atoms with Crippen LogP contribution in [-0.2, 0) is 20.7 Å². The lowest BCUT2D eigenvalue weighted by Crippen LogP contribution is -2.31. The first kappa shape index (κ1) is 22.5. The number of nitrogens with one attached hydrogen (secondary N) is 1. The van der Waals surface area contributed by atoms with Crippen molar-refractivity contribution in [2.45, 2.75) is 53.6 Å². The number of nitrogens with zero attached hydrogens (tertiary/aromatic N) is 1. The van der Waals surface area contributed by atoms with Crippen molar-refractivity contribution in [3.05, 3.63) is 52.3 Å². The number of hydrogen-bond donors (Lipinski definition) is 1. The minimum atomic E-state index is -1.03. The summed E-state index contributed by atoms with van der Waals surface area (Å²) in [6, 6.07) is 7.62. The highest BCUT2D eigenvalue weighted by Crippen LogP contribution is 2.29. The van der Waals surface area contributed by atoms with Crippen molar-refractivity contribution in [1.82, 2.24) is 4.98 Å². The molecule has 1 fully saturated rings. The van der Waals surface area contributed by atoms with Crippen molar-refractivity contribution in [3.63, 3.8) is 0 Å². The summed E-state index contributed by atoms with van der Waals surface area (Å²) in [4.78, 5) is 54.5. The van der Waals surface area contributed by atoms with Gasteiger partial charge in [-0.1, -0.05) is 25.1 Å². The summed E-state index contributed by atoms with van der Waals surface area (Å²) in [6.45, 7) is 8.61. The Balaban J connectivity index is 1.71. The van der Waals surface area contributed by atoms with Crippen molar-refractivity contribution >= 4 is 29.1 Å². The zero-order chi connectivity index (χ0) is 22.9. The van der Waals surface area contributed by atoms with Gasteiger partial charge in [0.15, 0.2) is 11.9 Å². The largest absolute Gasteiger partial charge is 0.454 e. The normalized spacial score (nSPS) is 17.0. The molecule has 7 nitrogen and oxygen atoms in total. The number of benzene rings is 1. The van der Waals surface area contributed by atoms with Crippen molar-refractivity contribution in [3.8, 4) is 0 Å². The van der Waals surface area contributed by atoms with E-state index in [1.807, 2.05) is 31.2 Å².